The van der Waals surface area contributed by atoms with Crippen LogP contribution in [0, 0.1) is 5.82 Å². The van der Waals surface area contributed by atoms with Crippen molar-refractivity contribution in [3.05, 3.63) is 53.3 Å². The van der Waals surface area contributed by atoms with E-state index < -0.39 is 32.7 Å². The molecule has 7 nitrogen and oxygen atoms in total. The van der Waals surface area contributed by atoms with Crippen LogP contribution in [0.1, 0.15) is 62.0 Å². The second-order valence-corrected chi connectivity index (χ2v) is 9.78. The number of halogens is 1. The minimum Gasteiger partial charge on any atom is -0.490 e. The van der Waals surface area contributed by atoms with Gasteiger partial charge in [-0.25, -0.2) is 12.8 Å². The molecule has 0 saturated carbocycles. The molecule has 1 amide bonds. The highest BCUT2D eigenvalue weighted by atomic mass is 32.2. The first-order valence-corrected chi connectivity index (χ1v) is 12.7. The van der Waals surface area contributed by atoms with Crippen LogP contribution in [0.5, 0.6) is 11.5 Å². The number of carbonyl (C=O) groups excluding carboxylic acids is 1. The number of benzene rings is 2. The number of hydrogen-bond donors (Lipinski definition) is 1. The lowest BCUT2D eigenvalue weighted by Gasteiger charge is -2.26. The van der Waals surface area contributed by atoms with Crippen molar-refractivity contribution in [2.24, 2.45) is 0 Å². The van der Waals surface area contributed by atoms with Crippen molar-refractivity contribution in [1.29, 1.82) is 0 Å². The molecule has 0 unspecified atom stereocenters. The van der Waals surface area contributed by atoms with Crippen molar-refractivity contribution in [3.63, 3.8) is 0 Å². The van der Waals surface area contributed by atoms with Gasteiger partial charge in [-0.05, 0) is 69.5 Å². The van der Waals surface area contributed by atoms with E-state index in [2.05, 4.69) is 5.32 Å². The highest BCUT2D eigenvalue weighted by molar-refractivity contribution is 7.89. The number of ether oxygens (including phenoxy) is 2. The Hall–Kier alpha value is -2.65. The molecule has 1 heterocycles. The molecule has 1 N–H and O–H groups in total. The fourth-order valence-corrected chi connectivity index (χ4v) is 5.39. The van der Waals surface area contributed by atoms with E-state index in [1.165, 1.54) is 10.4 Å². The smallest absolute Gasteiger partial charge is 0.251 e. The Morgan fingerprint density at radius 1 is 1.03 bits per heavy atom. The lowest BCUT2D eigenvalue weighted by Crippen LogP contribution is -2.36. The summed E-state index contributed by atoms with van der Waals surface area (Å²) in [4.78, 5) is 12.4. The summed E-state index contributed by atoms with van der Waals surface area (Å²) in [6.07, 6.45) is 2.43. The molecule has 1 saturated heterocycles. The van der Waals surface area contributed by atoms with Crippen molar-refractivity contribution in [1.82, 2.24) is 9.62 Å². The first kappa shape index (κ1) is 25.0. The second kappa shape index (κ2) is 11.0. The number of hydrogen-bond acceptors (Lipinski definition) is 5. The van der Waals surface area contributed by atoms with E-state index in [0.717, 1.165) is 37.0 Å². The molecule has 1 atom stereocenters. The molecule has 2 aromatic rings. The van der Waals surface area contributed by atoms with Crippen molar-refractivity contribution >= 4 is 15.9 Å². The van der Waals surface area contributed by atoms with Gasteiger partial charge in [0, 0.05) is 18.7 Å². The molecular weight excluding hydrogens is 447 g/mol. The molecule has 2 aromatic carbocycles. The minimum absolute atomic E-state index is 0.0785. The molecule has 0 radical (unpaired) electrons. The van der Waals surface area contributed by atoms with Gasteiger partial charge in [-0.15, -0.1) is 0 Å². The number of nitrogens with zero attached hydrogens (tertiary/aromatic N) is 1. The molecule has 33 heavy (non-hydrogen) atoms. The van der Waals surface area contributed by atoms with Crippen LogP contribution < -0.4 is 14.8 Å². The fourth-order valence-electron chi connectivity index (χ4n) is 3.79. The van der Waals surface area contributed by atoms with Gasteiger partial charge in [-0.3, -0.25) is 4.79 Å². The summed E-state index contributed by atoms with van der Waals surface area (Å²) in [6.45, 7) is 7.24. The maximum absolute atomic E-state index is 14.5. The topological polar surface area (TPSA) is 84.9 Å². The molecule has 1 aliphatic rings. The van der Waals surface area contributed by atoms with Gasteiger partial charge < -0.3 is 14.8 Å². The monoisotopic (exact) mass is 478 g/mol. The van der Waals surface area contributed by atoms with E-state index in [9.17, 15) is 17.6 Å². The van der Waals surface area contributed by atoms with E-state index in [1.807, 2.05) is 19.9 Å². The number of nitrogens with one attached hydrogen (secondary N) is 1. The Balaban J connectivity index is 1.80. The number of rotatable bonds is 9. The maximum atomic E-state index is 14.5. The average Bonchev–Trinajstić information content (AvgIpc) is 2.81. The zero-order chi connectivity index (χ0) is 24.0. The van der Waals surface area contributed by atoms with Crippen LogP contribution in [-0.2, 0) is 10.0 Å². The normalized spacial score (nSPS) is 15.6. The van der Waals surface area contributed by atoms with Gasteiger partial charge in [-0.1, -0.05) is 12.5 Å². The van der Waals surface area contributed by atoms with Crippen molar-refractivity contribution in [2.45, 2.75) is 51.0 Å². The van der Waals surface area contributed by atoms with E-state index >= 15 is 0 Å². The second-order valence-electron chi connectivity index (χ2n) is 7.88. The minimum atomic E-state index is -4.00. The van der Waals surface area contributed by atoms with E-state index in [-0.39, 0.29) is 5.56 Å². The van der Waals surface area contributed by atoms with Crippen LogP contribution in [0.3, 0.4) is 0 Å². The summed E-state index contributed by atoms with van der Waals surface area (Å²) in [5.74, 6) is -0.162. The largest absolute Gasteiger partial charge is 0.490 e. The van der Waals surface area contributed by atoms with Crippen LogP contribution in [-0.4, -0.2) is 44.9 Å². The third-order valence-corrected chi connectivity index (χ3v) is 7.45. The maximum Gasteiger partial charge on any atom is 0.251 e. The first-order chi connectivity index (χ1) is 15.8. The van der Waals surface area contributed by atoms with Crippen LogP contribution in [0.4, 0.5) is 4.39 Å². The predicted octanol–water partition coefficient (Wildman–Crippen LogP) is 4.29. The first-order valence-electron chi connectivity index (χ1n) is 11.3. The Bertz CT molecular complexity index is 1080. The SMILES string of the molecule is CCOc1ccc([C@@H](C)NC(=O)c2ccc(F)c(S(=O)(=O)N3CCCCC3)c2)cc1OCC. The van der Waals surface area contributed by atoms with Gasteiger partial charge in [0.05, 0.1) is 19.3 Å². The Morgan fingerprint density at radius 2 is 1.70 bits per heavy atom. The molecule has 9 heteroatoms. The molecule has 0 aromatic heterocycles. The van der Waals surface area contributed by atoms with Crippen LogP contribution >= 0.6 is 0 Å². The van der Waals surface area contributed by atoms with E-state index in [4.69, 9.17) is 9.47 Å². The van der Waals surface area contributed by atoms with Gasteiger partial charge >= 0.3 is 0 Å². The number of piperidine rings is 1. The summed E-state index contributed by atoms with van der Waals surface area (Å²) in [6, 6.07) is 8.45. The van der Waals surface area contributed by atoms with Crippen LogP contribution in [0.15, 0.2) is 41.3 Å². The molecule has 0 spiro atoms. The van der Waals surface area contributed by atoms with Gasteiger partial charge in [-0.2, -0.15) is 4.31 Å². The van der Waals surface area contributed by atoms with Crippen molar-refractivity contribution < 1.29 is 27.1 Å². The van der Waals surface area contributed by atoms with Crippen LogP contribution in [0.25, 0.3) is 0 Å². The molecule has 180 valence electrons. The van der Waals surface area contributed by atoms with Gasteiger partial charge in [0.15, 0.2) is 11.5 Å². The lowest BCUT2D eigenvalue weighted by atomic mass is 10.1. The summed E-state index contributed by atoms with van der Waals surface area (Å²) in [7, 11) is -4.00. The highest BCUT2D eigenvalue weighted by Crippen LogP contribution is 2.31. The quantitative estimate of drug-likeness (QED) is 0.581. The van der Waals surface area contributed by atoms with E-state index in [0.29, 0.717) is 37.8 Å². The molecule has 0 bridgehead atoms. The summed E-state index contributed by atoms with van der Waals surface area (Å²) in [5.41, 5.74) is 0.869. The Kier molecular flexibility index (Phi) is 8.31. The van der Waals surface area contributed by atoms with Crippen LogP contribution in [0.2, 0.25) is 0 Å². The van der Waals surface area contributed by atoms with Gasteiger partial charge in [0.25, 0.3) is 5.91 Å². The van der Waals surface area contributed by atoms with Gasteiger partial charge in [0.1, 0.15) is 10.7 Å². The zero-order valence-electron chi connectivity index (χ0n) is 19.3. The fraction of sp³-hybridized carbons (Fsp3) is 0.458. The highest BCUT2D eigenvalue weighted by Gasteiger charge is 2.29. The number of amides is 1. The third-order valence-electron chi connectivity index (χ3n) is 5.54. The molecular formula is C24H31FN2O5S. The average molecular weight is 479 g/mol. The van der Waals surface area contributed by atoms with Crippen molar-refractivity contribution in [2.75, 3.05) is 26.3 Å². The van der Waals surface area contributed by atoms with E-state index in [1.54, 1.807) is 19.1 Å². The summed E-state index contributed by atoms with van der Waals surface area (Å²) >= 11 is 0. The zero-order valence-corrected chi connectivity index (χ0v) is 20.1. The molecule has 3 rings (SSSR count). The molecule has 0 aliphatic carbocycles. The standard InChI is InChI=1S/C24H31FN2O5S/c1-4-31-21-12-10-18(15-22(21)32-5-2)17(3)26-24(28)19-9-11-20(25)23(16-19)33(29,30)27-13-7-6-8-14-27/h9-12,15-17H,4-8,13-14H2,1-3H3,(H,26,28)/t17-/m1/s1. The summed E-state index contributed by atoms with van der Waals surface area (Å²) in [5, 5.41) is 2.84. The summed E-state index contributed by atoms with van der Waals surface area (Å²) < 4.78 is 52.8. The Morgan fingerprint density at radius 3 is 2.36 bits per heavy atom. The number of carbonyl (C=O) groups is 1. The molecule has 1 aliphatic heterocycles. The van der Waals surface area contributed by atoms with Crippen molar-refractivity contribution in [3.8, 4) is 11.5 Å². The third kappa shape index (κ3) is 5.83. The lowest BCUT2D eigenvalue weighted by molar-refractivity contribution is 0.0939. The van der Waals surface area contributed by atoms with Gasteiger partial charge in [0.2, 0.25) is 10.0 Å². The molecule has 1 fully saturated rings. The Labute approximate surface area is 194 Å². The number of sulfonamides is 1. The predicted molar refractivity (Wildman–Crippen MR) is 124 cm³/mol.